The quantitative estimate of drug-likeness (QED) is 0.360. The SMILES string of the molecule is CN=CC(C(=O)C=Cc1ccc(Cl)cc1)C(=O)OC. The average molecular weight is 280 g/mol. The van der Waals surface area contributed by atoms with Gasteiger partial charge in [-0.25, -0.2) is 0 Å². The van der Waals surface area contributed by atoms with E-state index in [1.807, 2.05) is 0 Å². The number of hydrogen-bond donors (Lipinski definition) is 0. The molecule has 0 bridgehead atoms. The van der Waals surface area contributed by atoms with E-state index in [0.29, 0.717) is 5.02 Å². The fourth-order valence-electron chi connectivity index (χ4n) is 1.38. The summed E-state index contributed by atoms with van der Waals surface area (Å²) < 4.78 is 4.55. The standard InChI is InChI=1S/C14H14ClNO3/c1-16-9-12(14(18)19-2)13(17)8-5-10-3-6-11(15)7-4-10/h3-9,12H,1-2H3. The fourth-order valence-corrected chi connectivity index (χ4v) is 1.51. The summed E-state index contributed by atoms with van der Waals surface area (Å²) in [5, 5.41) is 0.619. The van der Waals surface area contributed by atoms with Crippen molar-refractivity contribution in [3.63, 3.8) is 0 Å². The second-order valence-electron chi connectivity index (χ2n) is 3.70. The molecule has 0 spiro atoms. The van der Waals surface area contributed by atoms with Crippen LogP contribution in [0, 0.1) is 5.92 Å². The number of benzene rings is 1. The first-order valence-electron chi connectivity index (χ1n) is 5.56. The number of halogens is 1. The molecule has 0 aliphatic heterocycles. The molecule has 0 amide bonds. The highest BCUT2D eigenvalue weighted by atomic mass is 35.5. The number of rotatable bonds is 5. The first-order valence-corrected chi connectivity index (χ1v) is 5.94. The monoisotopic (exact) mass is 279 g/mol. The number of carbonyl (C=O) groups excluding carboxylic acids is 2. The Balaban J connectivity index is 2.81. The van der Waals surface area contributed by atoms with E-state index in [0.717, 1.165) is 5.56 Å². The maximum Gasteiger partial charge on any atom is 0.322 e. The topological polar surface area (TPSA) is 55.7 Å². The molecule has 0 aromatic heterocycles. The Labute approximate surface area is 116 Å². The molecule has 100 valence electrons. The number of nitrogens with zero attached hydrogens (tertiary/aromatic N) is 1. The molecule has 1 aromatic rings. The van der Waals surface area contributed by atoms with E-state index in [1.165, 1.54) is 26.4 Å². The molecule has 4 nitrogen and oxygen atoms in total. The summed E-state index contributed by atoms with van der Waals surface area (Å²) in [7, 11) is 2.72. The summed E-state index contributed by atoms with van der Waals surface area (Å²) in [6.07, 6.45) is 4.20. The molecule has 0 aliphatic rings. The number of ether oxygens (including phenoxy) is 1. The summed E-state index contributed by atoms with van der Waals surface area (Å²) in [6, 6.07) is 6.98. The highest BCUT2D eigenvalue weighted by molar-refractivity contribution is 6.30. The van der Waals surface area contributed by atoms with E-state index in [4.69, 9.17) is 11.6 Å². The fraction of sp³-hybridized carbons (Fsp3) is 0.214. The molecule has 1 aromatic carbocycles. The predicted molar refractivity (Wildman–Crippen MR) is 75.4 cm³/mol. The molecule has 0 aliphatic carbocycles. The summed E-state index contributed by atoms with van der Waals surface area (Å²) >= 11 is 5.76. The molecule has 19 heavy (non-hydrogen) atoms. The van der Waals surface area contributed by atoms with Crippen LogP contribution in [-0.2, 0) is 14.3 Å². The molecule has 1 unspecified atom stereocenters. The molecular weight excluding hydrogens is 266 g/mol. The number of methoxy groups -OCH3 is 1. The van der Waals surface area contributed by atoms with Crippen LogP contribution in [0.2, 0.25) is 5.02 Å². The van der Waals surface area contributed by atoms with Gasteiger partial charge < -0.3 is 4.74 Å². The average Bonchev–Trinajstić information content (AvgIpc) is 2.43. The van der Waals surface area contributed by atoms with Gasteiger partial charge in [0.1, 0.15) is 0 Å². The van der Waals surface area contributed by atoms with Crippen molar-refractivity contribution in [1.29, 1.82) is 0 Å². The second kappa shape index (κ2) is 7.48. The van der Waals surface area contributed by atoms with Gasteiger partial charge in [0.25, 0.3) is 0 Å². The van der Waals surface area contributed by atoms with E-state index in [1.54, 1.807) is 30.3 Å². The number of hydrogen-bond acceptors (Lipinski definition) is 4. The van der Waals surface area contributed by atoms with Gasteiger partial charge in [-0.15, -0.1) is 0 Å². The number of allylic oxidation sites excluding steroid dienone is 1. The van der Waals surface area contributed by atoms with Gasteiger partial charge >= 0.3 is 5.97 Å². The van der Waals surface area contributed by atoms with Crippen LogP contribution in [0.3, 0.4) is 0 Å². The normalized spacial score (nSPS) is 12.8. The van der Waals surface area contributed by atoms with E-state index in [9.17, 15) is 9.59 Å². The van der Waals surface area contributed by atoms with Gasteiger partial charge in [-0.2, -0.15) is 0 Å². The third-order valence-corrected chi connectivity index (χ3v) is 2.62. The number of ketones is 1. The van der Waals surface area contributed by atoms with E-state index in [-0.39, 0.29) is 5.78 Å². The van der Waals surface area contributed by atoms with Crippen molar-refractivity contribution in [2.75, 3.05) is 14.2 Å². The number of aliphatic imine (C=N–C) groups is 1. The molecule has 0 N–H and O–H groups in total. The zero-order valence-corrected chi connectivity index (χ0v) is 11.4. The first-order chi connectivity index (χ1) is 9.08. The van der Waals surface area contributed by atoms with Crippen LogP contribution in [0.15, 0.2) is 35.3 Å². The van der Waals surface area contributed by atoms with Crippen LogP contribution in [0.1, 0.15) is 5.56 Å². The molecule has 0 heterocycles. The lowest BCUT2D eigenvalue weighted by Gasteiger charge is -2.05. The summed E-state index contributed by atoms with van der Waals surface area (Å²) in [6.45, 7) is 0. The van der Waals surface area contributed by atoms with Crippen molar-refractivity contribution in [2.24, 2.45) is 10.9 Å². The summed E-state index contributed by atoms with van der Waals surface area (Å²) in [5.41, 5.74) is 0.815. The smallest absolute Gasteiger partial charge is 0.322 e. The van der Waals surface area contributed by atoms with Crippen LogP contribution in [0.25, 0.3) is 6.08 Å². The van der Waals surface area contributed by atoms with E-state index in [2.05, 4.69) is 9.73 Å². The van der Waals surface area contributed by atoms with Gasteiger partial charge in [0.15, 0.2) is 11.7 Å². The van der Waals surface area contributed by atoms with Crippen LogP contribution in [0.4, 0.5) is 0 Å². The van der Waals surface area contributed by atoms with Crippen molar-refractivity contribution in [2.45, 2.75) is 0 Å². The van der Waals surface area contributed by atoms with E-state index < -0.39 is 11.9 Å². The highest BCUT2D eigenvalue weighted by Crippen LogP contribution is 2.11. The largest absolute Gasteiger partial charge is 0.468 e. The van der Waals surface area contributed by atoms with Crippen LogP contribution in [0.5, 0.6) is 0 Å². The molecular formula is C14H14ClNO3. The minimum Gasteiger partial charge on any atom is -0.468 e. The molecule has 1 rings (SSSR count). The second-order valence-corrected chi connectivity index (χ2v) is 4.13. The van der Waals surface area contributed by atoms with Crippen molar-refractivity contribution in [1.82, 2.24) is 0 Å². The van der Waals surface area contributed by atoms with Crippen molar-refractivity contribution in [3.05, 3.63) is 40.9 Å². The third kappa shape index (κ3) is 4.67. The van der Waals surface area contributed by atoms with Gasteiger partial charge in [-0.3, -0.25) is 14.6 Å². The Morgan fingerprint density at radius 3 is 2.47 bits per heavy atom. The lowest BCUT2D eigenvalue weighted by molar-refractivity contribution is -0.145. The number of carbonyl (C=O) groups is 2. The highest BCUT2D eigenvalue weighted by Gasteiger charge is 2.23. The molecule has 0 saturated carbocycles. The zero-order valence-electron chi connectivity index (χ0n) is 10.7. The van der Waals surface area contributed by atoms with E-state index >= 15 is 0 Å². The molecule has 0 radical (unpaired) electrons. The summed E-state index contributed by atoms with van der Waals surface area (Å²) in [5.74, 6) is -2.01. The Morgan fingerprint density at radius 1 is 1.32 bits per heavy atom. The number of esters is 1. The van der Waals surface area contributed by atoms with Gasteiger partial charge in [-0.1, -0.05) is 29.8 Å². The third-order valence-electron chi connectivity index (χ3n) is 2.37. The molecule has 0 fully saturated rings. The Hall–Kier alpha value is -1.94. The van der Waals surface area contributed by atoms with Gasteiger partial charge in [0.2, 0.25) is 0 Å². The molecule has 1 atom stereocenters. The Bertz CT molecular complexity index is 506. The van der Waals surface area contributed by atoms with Gasteiger partial charge in [0.05, 0.1) is 7.11 Å². The Kier molecular flexibility index (Phi) is 5.96. The minimum absolute atomic E-state index is 0.382. The minimum atomic E-state index is -1.00. The molecule has 0 saturated heterocycles. The lowest BCUT2D eigenvalue weighted by atomic mass is 10.0. The lowest BCUT2D eigenvalue weighted by Crippen LogP contribution is -2.25. The van der Waals surface area contributed by atoms with Crippen LogP contribution >= 0.6 is 11.6 Å². The van der Waals surface area contributed by atoms with Crippen molar-refractivity contribution < 1.29 is 14.3 Å². The van der Waals surface area contributed by atoms with Crippen molar-refractivity contribution in [3.8, 4) is 0 Å². The van der Waals surface area contributed by atoms with Crippen molar-refractivity contribution >= 4 is 35.6 Å². The first kappa shape index (κ1) is 15.1. The maximum atomic E-state index is 11.9. The summed E-state index contributed by atoms with van der Waals surface area (Å²) in [4.78, 5) is 27.0. The zero-order chi connectivity index (χ0) is 14.3. The van der Waals surface area contributed by atoms with Gasteiger partial charge in [0, 0.05) is 18.3 Å². The van der Waals surface area contributed by atoms with Crippen LogP contribution in [-0.4, -0.2) is 32.1 Å². The predicted octanol–water partition coefficient (Wildman–Crippen LogP) is 2.41. The Morgan fingerprint density at radius 2 is 1.95 bits per heavy atom. The van der Waals surface area contributed by atoms with Gasteiger partial charge in [-0.05, 0) is 23.8 Å². The van der Waals surface area contributed by atoms with Crippen LogP contribution < -0.4 is 0 Å². The molecule has 5 heteroatoms. The maximum absolute atomic E-state index is 11.9.